The molecule has 0 aliphatic heterocycles. The van der Waals surface area contributed by atoms with Crippen LogP contribution in [0.25, 0.3) is 11.6 Å². The maximum atomic E-state index is 3.12. The fraction of sp³-hybridized carbons (Fsp3) is 0.250. The predicted octanol–water partition coefficient (Wildman–Crippen LogP) is 4.29. The average molecular weight is 208 g/mol. The molecule has 1 aromatic rings. The average Bonchev–Trinajstić information content (AvgIpc) is 2.73. The second-order valence-corrected chi connectivity index (χ2v) is 4.04. The fourth-order valence-corrected chi connectivity index (χ4v) is 2.03. The standard InChI is InChI=1S/C16H16/c1-3-4-5-8-13(2)15-12-11-14-9-6-7-10-16(14)15/h6-7,9-12H,5,8H2,1-2H3. The van der Waals surface area contributed by atoms with E-state index < -0.39 is 0 Å². The van der Waals surface area contributed by atoms with Crippen LogP contribution in [0.3, 0.4) is 0 Å². The van der Waals surface area contributed by atoms with Crippen LogP contribution in [0.4, 0.5) is 0 Å². The lowest BCUT2D eigenvalue weighted by atomic mass is 9.99. The second kappa shape index (κ2) is 4.86. The van der Waals surface area contributed by atoms with Gasteiger partial charge in [-0.2, -0.15) is 0 Å². The Morgan fingerprint density at radius 2 is 2.00 bits per heavy atom. The maximum Gasteiger partial charge on any atom is 0.0126 e. The quantitative estimate of drug-likeness (QED) is 0.636. The molecule has 0 spiro atoms. The third-order valence-corrected chi connectivity index (χ3v) is 2.94. The Labute approximate surface area is 97.7 Å². The van der Waals surface area contributed by atoms with Crippen LogP contribution in [0, 0.1) is 11.8 Å². The number of fused-ring (bicyclic) bond motifs is 1. The van der Waals surface area contributed by atoms with E-state index in [1.165, 1.54) is 22.3 Å². The van der Waals surface area contributed by atoms with Gasteiger partial charge in [0.25, 0.3) is 0 Å². The minimum absolute atomic E-state index is 0.960. The Bertz CT molecular complexity index is 504. The van der Waals surface area contributed by atoms with Crippen LogP contribution in [0.1, 0.15) is 37.8 Å². The molecule has 0 saturated heterocycles. The third-order valence-electron chi connectivity index (χ3n) is 2.94. The van der Waals surface area contributed by atoms with E-state index in [2.05, 4.69) is 55.2 Å². The summed E-state index contributed by atoms with van der Waals surface area (Å²) in [6.45, 7) is 4.10. The van der Waals surface area contributed by atoms with Crippen molar-refractivity contribution in [1.29, 1.82) is 0 Å². The summed E-state index contributed by atoms with van der Waals surface area (Å²) in [5.41, 5.74) is 5.51. The Morgan fingerprint density at radius 3 is 2.81 bits per heavy atom. The molecule has 1 aliphatic rings. The molecule has 0 aromatic heterocycles. The first kappa shape index (κ1) is 10.8. The molecule has 0 radical (unpaired) electrons. The van der Waals surface area contributed by atoms with Crippen LogP contribution in [-0.4, -0.2) is 0 Å². The van der Waals surface area contributed by atoms with Gasteiger partial charge in [-0.15, -0.1) is 11.8 Å². The summed E-state index contributed by atoms with van der Waals surface area (Å²) in [6, 6.07) is 8.55. The molecule has 0 atom stereocenters. The lowest BCUT2D eigenvalue weighted by molar-refractivity contribution is 1.01. The van der Waals surface area contributed by atoms with Crippen LogP contribution in [-0.2, 0) is 0 Å². The SMILES string of the molecule is CC#CCCC(C)=C1C=Cc2ccccc21. The summed E-state index contributed by atoms with van der Waals surface area (Å²) in [6.07, 6.45) is 6.44. The molecule has 0 saturated carbocycles. The summed E-state index contributed by atoms with van der Waals surface area (Å²) in [5, 5.41) is 0. The molecular weight excluding hydrogens is 192 g/mol. The molecule has 0 fully saturated rings. The molecule has 16 heavy (non-hydrogen) atoms. The van der Waals surface area contributed by atoms with Crippen molar-refractivity contribution in [2.45, 2.75) is 26.7 Å². The number of rotatable bonds is 2. The van der Waals surface area contributed by atoms with E-state index >= 15 is 0 Å². The number of allylic oxidation sites excluding steroid dienone is 3. The largest absolute Gasteiger partial charge is 0.107 e. The van der Waals surface area contributed by atoms with Crippen LogP contribution >= 0.6 is 0 Å². The Hall–Kier alpha value is -1.74. The van der Waals surface area contributed by atoms with Crippen molar-refractivity contribution < 1.29 is 0 Å². The van der Waals surface area contributed by atoms with E-state index in [1.807, 2.05) is 6.92 Å². The molecule has 0 heteroatoms. The van der Waals surface area contributed by atoms with E-state index in [-0.39, 0.29) is 0 Å². The lowest BCUT2D eigenvalue weighted by Crippen LogP contribution is -1.85. The summed E-state index contributed by atoms with van der Waals surface area (Å²) in [7, 11) is 0. The summed E-state index contributed by atoms with van der Waals surface area (Å²) in [4.78, 5) is 0. The highest BCUT2D eigenvalue weighted by Gasteiger charge is 2.11. The van der Waals surface area contributed by atoms with Gasteiger partial charge in [0.05, 0.1) is 0 Å². The van der Waals surface area contributed by atoms with Gasteiger partial charge in [0.1, 0.15) is 0 Å². The first-order valence-corrected chi connectivity index (χ1v) is 5.70. The van der Waals surface area contributed by atoms with E-state index in [9.17, 15) is 0 Å². The third kappa shape index (κ3) is 2.09. The van der Waals surface area contributed by atoms with Crippen molar-refractivity contribution >= 4 is 11.6 Å². The summed E-state index contributed by atoms with van der Waals surface area (Å²) >= 11 is 0. The minimum Gasteiger partial charge on any atom is -0.107 e. The lowest BCUT2D eigenvalue weighted by Gasteiger charge is -2.05. The van der Waals surface area contributed by atoms with E-state index in [4.69, 9.17) is 0 Å². The van der Waals surface area contributed by atoms with Crippen molar-refractivity contribution in [2.24, 2.45) is 0 Å². The van der Waals surface area contributed by atoms with Crippen molar-refractivity contribution in [2.75, 3.05) is 0 Å². The van der Waals surface area contributed by atoms with Gasteiger partial charge in [-0.25, -0.2) is 0 Å². The molecule has 0 N–H and O–H groups in total. The first-order chi connectivity index (χ1) is 7.83. The molecule has 0 amide bonds. The van der Waals surface area contributed by atoms with Crippen LogP contribution < -0.4 is 0 Å². The van der Waals surface area contributed by atoms with Gasteiger partial charge in [-0.05, 0) is 37.0 Å². The maximum absolute atomic E-state index is 3.12. The highest BCUT2D eigenvalue weighted by molar-refractivity contribution is 5.91. The highest BCUT2D eigenvalue weighted by atomic mass is 14.2. The second-order valence-electron chi connectivity index (χ2n) is 4.04. The van der Waals surface area contributed by atoms with Gasteiger partial charge in [-0.3, -0.25) is 0 Å². The molecule has 80 valence electrons. The predicted molar refractivity (Wildman–Crippen MR) is 70.8 cm³/mol. The molecule has 0 bridgehead atoms. The fourth-order valence-electron chi connectivity index (χ4n) is 2.03. The van der Waals surface area contributed by atoms with Gasteiger partial charge >= 0.3 is 0 Å². The Kier molecular flexibility index (Phi) is 3.27. The van der Waals surface area contributed by atoms with Crippen LogP contribution in [0.5, 0.6) is 0 Å². The monoisotopic (exact) mass is 208 g/mol. The molecule has 1 aromatic carbocycles. The van der Waals surface area contributed by atoms with E-state index in [0.29, 0.717) is 0 Å². The Morgan fingerprint density at radius 1 is 1.19 bits per heavy atom. The minimum atomic E-state index is 0.960. The molecule has 2 rings (SSSR count). The molecule has 0 unspecified atom stereocenters. The molecular formula is C16H16. The van der Waals surface area contributed by atoms with E-state index in [1.54, 1.807) is 0 Å². The van der Waals surface area contributed by atoms with Crippen LogP contribution in [0.15, 0.2) is 35.9 Å². The summed E-state index contributed by atoms with van der Waals surface area (Å²) in [5.74, 6) is 6.06. The van der Waals surface area contributed by atoms with Gasteiger partial charge in [0.15, 0.2) is 0 Å². The zero-order valence-corrected chi connectivity index (χ0v) is 9.88. The van der Waals surface area contributed by atoms with Gasteiger partial charge < -0.3 is 0 Å². The first-order valence-electron chi connectivity index (χ1n) is 5.70. The molecule has 0 nitrogen and oxygen atoms in total. The zero-order chi connectivity index (χ0) is 11.4. The van der Waals surface area contributed by atoms with Gasteiger partial charge in [0, 0.05) is 6.42 Å². The van der Waals surface area contributed by atoms with Gasteiger partial charge in [-0.1, -0.05) is 42.0 Å². The van der Waals surface area contributed by atoms with E-state index in [0.717, 1.165) is 12.8 Å². The normalized spacial score (nSPS) is 15.4. The number of hydrogen-bond donors (Lipinski definition) is 0. The number of hydrogen-bond acceptors (Lipinski definition) is 0. The topological polar surface area (TPSA) is 0 Å². The van der Waals surface area contributed by atoms with Gasteiger partial charge in [0.2, 0.25) is 0 Å². The molecule has 1 aliphatic carbocycles. The highest BCUT2D eigenvalue weighted by Crippen LogP contribution is 2.32. The van der Waals surface area contributed by atoms with Crippen molar-refractivity contribution in [3.05, 3.63) is 47.0 Å². The summed E-state index contributed by atoms with van der Waals surface area (Å²) < 4.78 is 0. The van der Waals surface area contributed by atoms with Crippen LogP contribution in [0.2, 0.25) is 0 Å². The molecule has 0 heterocycles. The van der Waals surface area contributed by atoms with Crippen molar-refractivity contribution in [3.8, 4) is 11.8 Å². The zero-order valence-electron chi connectivity index (χ0n) is 9.88. The Balaban J connectivity index is 2.25. The smallest absolute Gasteiger partial charge is 0.0126 e. The van der Waals surface area contributed by atoms with Crippen molar-refractivity contribution in [3.63, 3.8) is 0 Å². The number of benzene rings is 1. The van der Waals surface area contributed by atoms with Crippen molar-refractivity contribution in [1.82, 2.24) is 0 Å².